The highest BCUT2D eigenvalue weighted by atomic mass is 35.5. The van der Waals surface area contributed by atoms with Gasteiger partial charge in [0.15, 0.2) is 6.73 Å². The zero-order chi connectivity index (χ0) is 18.3. The molecule has 2 heterocycles. The van der Waals surface area contributed by atoms with Crippen LogP contribution in [0.1, 0.15) is 25.7 Å². The summed E-state index contributed by atoms with van der Waals surface area (Å²) in [4.78, 5) is 31.4. The number of hydrogen-bond acceptors (Lipinski definition) is 5. The average Bonchev–Trinajstić information content (AvgIpc) is 3.23. The van der Waals surface area contributed by atoms with Crippen molar-refractivity contribution in [2.45, 2.75) is 25.7 Å². The summed E-state index contributed by atoms with van der Waals surface area (Å²) in [7, 11) is 0. The smallest absolute Gasteiger partial charge is 0.261 e. The van der Waals surface area contributed by atoms with Crippen LogP contribution in [0.3, 0.4) is 0 Å². The van der Waals surface area contributed by atoms with E-state index in [-0.39, 0.29) is 23.2 Å². The normalized spacial score (nSPS) is 19.6. The molecule has 4 rings (SSSR count). The molecule has 136 valence electrons. The number of hydroxylamine groups is 2. The van der Waals surface area contributed by atoms with Crippen molar-refractivity contribution in [1.29, 1.82) is 0 Å². The zero-order valence-electron chi connectivity index (χ0n) is 13.8. The lowest BCUT2D eigenvalue weighted by molar-refractivity contribution is -0.127. The van der Waals surface area contributed by atoms with Crippen LogP contribution in [-0.2, 0) is 14.4 Å². The maximum absolute atomic E-state index is 14.5. The van der Waals surface area contributed by atoms with Crippen molar-refractivity contribution in [3.05, 3.63) is 46.4 Å². The van der Waals surface area contributed by atoms with Gasteiger partial charge in [-0.05, 0) is 37.8 Å². The fourth-order valence-corrected chi connectivity index (χ4v) is 3.52. The van der Waals surface area contributed by atoms with Crippen LogP contribution in [-0.4, -0.2) is 30.2 Å². The van der Waals surface area contributed by atoms with E-state index in [9.17, 15) is 14.0 Å². The van der Waals surface area contributed by atoms with Crippen LogP contribution < -0.4 is 9.64 Å². The van der Waals surface area contributed by atoms with Crippen LogP contribution >= 0.6 is 11.6 Å². The van der Waals surface area contributed by atoms with Gasteiger partial charge >= 0.3 is 0 Å². The Bertz CT molecular complexity index is 824. The van der Waals surface area contributed by atoms with Gasteiger partial charge in [-0.1, -0.05) is 11.6 Å². The Labute approximate surface area is 154 Å². The van der Waals surface area contributed by atoms with Crippen molar-refractivity contribution in [3.8, 4) is 5.75 Å². The Morgan fingerprint density at radius 1 is 1.15 bits per heavy atom. The molecule has 0 N–H and O–H groups in total. The lowest BCUT2D eigenvalue weighted by Gasteiger charge is -2.20. The fraction of sp³-hybridized carbons (Fsp3) is 0.333. The summed E-state index contributed by atoms with van der Waals surface area (Å²) in [5.74, 6) is -1.50. The van der Waals surface area contributed by atoms with Gasteiger partial charge in [0.05, 0.1) is 17.3 Å². The van der Waals surface area contributed by atoms with Crippen LogP contribution in [0, 0.1) is 5.82 Å². The van der Waals surface area contributed by atoms with Crippen LogP contribution in [0.2, 0.25) is 5.02 Å². The van der Waals surface area contributed by atoms with E-state index in [1.807, 2.05) is 0 Å². The SMILES string of the molecule is O=C1C2=C(CCCC2)C(=O)N1c1cc(OCN2C=CCO2)c(Cl)cc1F. The van der Waals surface area contributed by atoms with E-state index in [0.717, 1.165) is 23.8 Å². The summed E-state index contributed by atoms with van der Waals surface area (Å²) < 4.78 is 20.1. The molecule has 0 atom stereocenters. The van der Waals surface area contributed by atoms with Gasteiger partial charge in [-0.15, -0.1) is 0 Å². The molecule has 1 aromatic carbocycles. The first kappa shape index (κ1) is 17.1. The second-order valence-corrected chi connectivity index (χ2v) is 6.62. The molecule has 1 aromatic rings. The first-order valence-electron chi connectivity index (χ1n) is 8.35. The van der Waals surface area contributed by atoms with E-state index in [4.69, 9.17) is 21.2 Å². The number of carbonyl (C=O) groups excluding carboxylic acids is 2. The molecule has 0 fully saturated rings. The number of amides is 2. The molecule has 0 saturated carbocycles. The number of ether oxygens (including phenoxy) is 1. The van der Waals surface area contributed by atoms with Gasteiger partial charge in [0.2, 0.25) is 0 Å². The van der Waals surface area contributed by atoms with Gasteiger partial charge in [0.25, 0.3) is 11.8 Å². The van der Waals surface area contributed by atoms with Crippen molar-refractivity contribution in [1.82, 2.24) is 5.06 Å². The Kier molecular flexibility index (Phi) is 4.42. The summed E-state index contributed by atoms with van der Waals surface area (Å²) >= 11 is 6.05. The quantitative estimate of drug-likeness (QED) is 0.752. The maximum Gasteiger partial charge on any atom is 0.261 e. The van der Waals surface area contributed by atoms with Crippen LogP contribution in [0.4, 0.5) is 10.1 Å². The molecular formula is C18H16ClFN2O4. The third kappa shape index (κ3) is 2.87. The Balaban J connectivity index is 1.62. The lowest BCUT2D eigenvalue weighted by atomic mass is 9.93. The third-order valence-corrected chi connectivity index (χ3v) is 4.88. The second kappa shape index (κ2) is 6.74. The molecule has 0 aromatic heterocycles. The molecule has 0 radical (unpaired) electrons. The number of rotatable bonds is 4. The molecule has 6 nitrogen and oxygen atoms in total. The summed E-state index contributed by atoms with van der Waals surface area (Å²) in [5, 5.41) is 1.50. The minimum Gasteiger partial charge on any atom is -0.469 e. The minimum absolute atomic E-state index is 0.0396. The molecule has 3 aliphatic rings. The minimum atomic E-state index is -0.749. The summed E-state index contributed by atoms with van der Waals surface area (Å²) in [6.07, 6.45) is 6.31. The van der Waals surface area contributed by atoms with Gasteiger partial charge < -0.3 is 4.74 Å². The third-order valence-electron chi connectivity index (χ3n) is 4.59. The highest BCUT2D eigenvalue weighted by Crippen LogP contribution is 2.39. The zero-order valence-corrected chi connectivity index (χ0v) is 14.6. The maximum atomic E-state index is 14.5. The molecule has 2 amide bonds. The first-order chi connectivity index (χ1) is 12.6. The van der Waals surface area contributed by atoms with E-state index in [2.05, 4.69) is 0 Å². The number of imide groups is 1. The number of benzene rings is 1. The monoisotopic (exact) mass is 378 g/mol. The van der Waals surface area contributed by atoms with E-state index in [1.54, 1.807) is 12.3 Å². The summed E-state index contributed by atoms with van der Waals surface area (Å²) in [6, 6.07) is 2.33. The number of anilines is 1. The Morgan fingerprint density at radius 2 is 1.85 bits per heavy atom. The van der Waals surface area contributed by atoms with Gasteiger partial charge in [-0.2, -0.15) is 0 Å². The molecule has 0 unspecified atom stereocenters. The van der Waals surface area contributed by atoms with Crippen molar-refractivity contribution in [2.24, 2.45) is 0 Å². The van der Waals surface area contributed by atoms with Crippen LogP contribution in [0.25, 0.3) is 0 Å². The Hall–Kier alpha value is -2.38. The highest BCUT2D eigenvalue weighted by molar-refractivity contribution is 6.34. The van der Waals surface area contributed by atoms with Crippen molar-refractivity contribution in [3.63, 3.8) is 0 Å². The highest BCUT2D eigenvalue weighted by Gasteiger charge is 2.41. The molecule has 0 bridgehead atoms. The van der Waals surface area contributed by atoms with Crippen molar-refractivity contribution >= 4 is 29.1 Å². The van der Waals surface area contributed by atoms with Crippen LogP contribution in [0.15, 0.2) is 35.6 Å². The van der Waals surface area contributed by atoms with Crippen molar-refractivity contribution in [2.75, 3.05) is 18.2 Å². The second-order valence-electron chi connectivity index (χ2n) is 6.22. The molecule has 0 saturated heterocycles. The predicted octanol–water partition coefficient (Wildman–Crippen LogP) is 3.32. The van der Waals surface area contributed by atoms with Gasteiger partial charge in [-0.25, -0.2) is 14.4 Å². The topological polar surface area (TPSA) is 59.1 Å². The van der Waals surface area contributed by atoms with Gasteiger partial charge in [0.1, 0.15) is 11.6 Å². The largest absolute Gasteiger partial charge is 0.469 e. The molecule has 2 aliphatic heterocycles. The lowest BCUT2D eigenvalue weighted by Crippen LogP contribution is -2.32. The van der Waals surface area contributed by atoms with E-state index in [1.165, 1.54) is 11.1 Å². The van der Waals surface area contributed by atoms with Crippen molar-refractivity contribution < 1.29 is 23.6 Å². The van der Waals surface area contributed by atoms with Gasteiger partial charge in [0, 0.05) is 23.4 Å². The first-order valence-corrected chi connectivity index (χ1v) is 8.73. The van der Waals surface area contributed by atoms with Crippen LogP contribution in [0.5, 0.6) is 5.75 Å². The molecule has 0 spiro atoms. The average molecular weight is 379 g/mol. The summed E-state index contributed by atoms with van der Waals surface area (Å²) in [6.45, 7) is 0.484. The van der Waals surface area contributed by atoms with E-state index in [0.29, 0.717) is 30.6 Å². The Morgan fingerprint density at radius 3 is 2.46 bits per heavy atom. The molecule has 1 aliphatic carbocycles. The number of carbonyl (C=O) groups is 2. The molecule has 26 heavy (non-hydrogen) atoms. The number of nitrogens with zero attached hydrogens (tertiary/aromatic N) is 2. The fourth-order valence-electron chi connectivity index (χ4n) is 3.31. The molecular weight excluding hydrogens is 363 g/mol. The summed E-state index contributed by atoms with van der Waals surface area (Å²) in [5.41, 5.74) is 0.842. The molecule has 8 heteroatoms. The standard InChI is InChI=1S/C18H16ClFN2O4/c19-13-8-14(20)15(9-16(13)25-10-21-6-3-7-26-21)22-17(23)11-4-1-2-5-12(11)18(22)24/h3,6,8-9H,1-2,4-5,7,10H2. The predicted molar refractivity (Wildman–Crippen MR) is 91.8 cm³/mol. The number of hydrogen-bond donors (Lipinski definition) is 0. The van der Waals surface area contributed by atoms with Gasteiger partial charge in [-0.3, -0.25) is 14.4 Å². The van der Waals surface area contributed by atoms with E-state index >= 15 is 0 Å². The van der Waals surface area contributed by atoms with E-state index < -0.39 is 17.6 Å². The number of halogens is 2.